The summed E-state index contributed by atoms with van der Waals surface area (Å²) in [6, 6.07) is 2.14. The van der Waals surface area contributed by atoms with Gasteiger partial charge in [0.25, 0.3) is 0 Å². The van der Waals surface area contributed by atoms with E-state index >= 15 is 0 Å². The van der Waals surface area contributed by atoms with Gasteiger partial charge in [-0.3, -0.25) is 0 Å². The zero-order valence-electron chi connectivity index (χ0n) is 11.6. The van der Waals surface area contributed by atoms with Crippen molar-refractivity contribution in [3.05, 3.63) is 36.5 Å². The highest BCUT2D eigenvalue weighted by molar-refractivity contribution is 5.81. The van der Waals surface area contributed by atoms with E-state index in [0.717, 1.165) is 6.07 Å². The van der Waals surface area contributed by atoms with Crippen LogP contribution in [0.15, 0.2) is 31.0 Å². The van der Waals surface area contributed by atoms with Gasteiger partial charge in [0.15, 0.2) is 11.5 Å². The Balaban J connectivity index is 1.62. The summed E-state index contributed by atoms with van der Waals surface area (Å²) in [6.45, 7) is 0.221. The molecule has 0 aromatic carbocycles. The molecule has 0 atom stereocenters. The number of nitrogens with zero attached hydrogens (tertiary/aromatic N) is 4. The lowest BCUT2D eigenvalue weighted by molar-refractivity contribution is -0.139. The second-order valence-electron chi connectivity index (χ2n) is 4.45. The molecule has 2 N–H and O–H groups in total. The molecule has 10 heteroatoms. The molecule has 0 aliphatic rings. The van der Waals surface area contributed by atoms with E-state index < -0.39 is 17.6 Å². The van der Waals surface area contributed by atoms with Crippen molar-refractivity contribution < 1.29 is 17.9 Å². The standard InChI is InChI=1S/C13H11F3N6O/c14-13(15,16)8-2-1-3-18-12(8)23-5-4-17-10-9-11(20-6-19-9)22-7-21-10/h1-3,6-7H,4-5H2,(H2,17,19,20,21,22). The van der Waals surface area contributed by atoms with E-state index in [-0.39, 0.29) is 13.2 Å². The zero-order valence-corrected chi connectivity index (χ0v) is 11.6. The molecule has 23 heavy (non-hydrogen) atoms. The molecule has 120 valence electrons. The van der Waals surface area contributed by atoms with Crippen molar-refractivity contribution in [1.29, 1.82) is 0 Å². The third-order valence-electron chi connectivity index (χ3n) is 2.93. The summed E-state index contributed by atoms with van der Waals surface area (Å²) in [5, 5.41) is 2.95. The Morgan fingerprint density at radius 2 is 2.04 bits per heavy atom. The fourth-order valence-electron chi connectivity index (χ4n) is 1.94. The van der Waals surface area contributed by atoms with Gasteiger partial charge in [0.2, 0.25) is 5.88 Å². The Hall–Kier alpha value is -2.91. The number of aromatic nitrogens is 5. The molecule has 3 rings (SSSR count). The van der Waals surface area contributed by atoms with E-state index in [9.17, 15) is 13.2 Å². The van der Waals surface area contributed by atoms with Crippen LogP contribution in [0.3, 0.4) is 0 Å². The van der Waals surface area contributed by atoms with E-state index in [2.05, 4.69) is 30.2 Å². The SMILES string of the molecule is FC(F)(F)c1cccnc1OCCNc1ncnc2nc[nH]c12. The lowest BCUT2D eigenvalue weighted by Crippen LogP contribution is -2.16. The monoisotopic (exact) mass is 324 g/mol. The first-order chi connectivity index (χ1) is 11.1. The number of H-pyrrole nitrogens is 1. The number of nitrogens with one attached hydrogen (secondary N) is 2. The molecular weight excluding hydrogens is 313 g/mol. The van der Waals surface area contributed by atoms with Crippen molar-refractivity contribution in [1.82, 2.24) is 24.9 Å². The summed E-state index contributed by atoms with van der Waals surface area (Å²) < 4.78 is 43.5. The number of alkyl halides is 3. The molecule has 0 bridgehead atoms. The molecule has 3 aromatic heterocycles. The van der Waals surface area contributed by atoms with Gasteiger partial charge >= 0.3 is 6.18 Å². The number of pyridine rings is 1. The van der Waals surface area contributed by atoms with Gasteiger partial charge in [0.1, 0.15) is 24.0 Å². The van der Waals surface area contributed by atoms with Crippen LogP contribution < -0.4 is 10.1 Å². The minimum atomic E-state index is -4.51. The van der Waals surface area contributed by atoms with Crippen LogP contribution >= 0.6 is 0 Å². The van der Waals surface area contributed by atoms with E-state index in [1.165, 1.54) is 24.9 Å². The summed E-state index contributed by atoms with van der Waals surface area (Å²) in [6.07, 6.45) is -0.445. The molecule has 0 amide bonds. The van der Waals surface area contributed by atoms with Crippen LogP contribution in [-0.4, -0.2) is 38.1 Å². The number of rotatable bonds is 5. The summed E-state index contributed by atoms with van der Waals surface area (Å²) in [7, 11) is 0. The molecule has 0 aliphatic carbocycles. The van der Waals surface area contributed by atoms with Crippen LogP contribution in [0.1, 0.15) is 5.56 Å². The highest BCUT2D eigenvalue weighted by Gasteiger charge is 2.34. The van der Waals surface area contributed by atoms with Gasteiger partial charge in [-0.25, -0.2) is 19.9 Å². The number of fused-ring (bicyclic) bond motifs is 1. The Morgan fingerprint density at radius 3 is 2.87 bits per heavy atom. The van der Waals surface area contributed by atoms with Gasteiger partial charge < -0.3 is 15.0 Å². The van der Waals surface area contributed by atoms with Crippen LogP contribution in [0.25, 0.3) is 11.2 Å². The van der Waals surface area contributed by atoms with Crippen LogP contribution in [0.2, 0.25) is 0 Å². The molecule has 0 saturated heterocycles. The number of ether oxygens (including phenoxy) is 1. The molecule has 0 spiro atoms. The molecule has 0 saturated carbocycles. The van der Waals surface area contributed by atoms with Crippen LogP contribution in [-0.2, 0) is 6.18 Å². The fraction of sp³-hybridized carbons (Fsp3) is 0.231. The normalized spacial score (nSPS) is 11.6. The highest BCUT2D eigenvalue weighted by atomic mass is 19.4. The first-order valence-corrected chi connectivity index (χ1v) is 6.58. The van der Waals surface area contributed by atoms with Gasteiger partial charge in [0, 0.05) is 6.20 Å². The number of aromatic amines is 1. The van der Waals surface area contributed by atoms with Crippen molar-refractivity contribution in [2.24, 2.45) is 0 Å². The Morgan fingerprint density at radius 1 is 1.17 bits per heavy atom. The molecule has 0 aliphatic heterocycles. The average Bonchev–Trinajstić information content (AvgIpc) is 3.00. The lowest BCUT2D eigenvalue weighted by Gasteiger charge is -2.12. The maximum absolute atomic E-state index is 12.8. The van der Waals surface area contributed by atoms with Crippen molar-refractivity contribution in [3.63, 3.8) is 0 Å². The van der Waals surface area contributed by atoms with Gasteiger partial charge in [-0.1, -0.05) is 0 Å². The lowest BCUT2D eigenvalue weighted by atomic mass is 10.2. The van der Waals surface area contributed by atoms with E-state index in [1.54, 1.807) is 0 Å². The highest BCUT2D eigenvalue weighted by Crippen LogP contribution is 2.34. The maximum atomic E-state index is 12.8. The van der Waals surface area contributed by atoms with Crippen molar-refractivity contribution >= 4 is 17.0 Å². The summed E-state index contributed by atoms with van der Waals surface area (Å²) in [5.41, 5.74) is 0.201. The van der Waals surface area contributed by atoms with Crippen molar-refractivity contribution in [3.8, 4) is 5.88 Å². The second kappa shape index (κ2) is 6.07. The second-order valence-corrected chi connectivity index (χ2v) is 4.45. The number of imidazole rings is 1. The minimum Gasteiger partial charge on any atom is -0.475 e. The van der Waals surface area contributed by atoms with Gasteiger partial charge in [-0.05, 0) is 12.1 Å². The summed E-state index contributed by atoms with van der Waals surface area (Å²) >= 11 is 0. The number of hydrogen-bond donors (Lipinski definition) is 2. The molecule has 3 heterocycles. The predicted octanol–water partition coefficient (Wildman–Crippen LogP) is 2.26. The molecule has 7 nitrogen and oxygen atoms in total. The average molecular weight is 324 g/mol. The van der Waals surface area contributed by atoms with Gasteiger partial charge in [-0.2, -0.15) is 13.2 Å². The van der Waals surface area contributed by atoms with Crippen molar-refractivity contribution in [2.75, 3.05) is 18.5 Å². The number of anilines is 1. The van der Waals surface area contributed by atoms with E-state index in [0.29, 0.717) is 17.0 Å². The molecule has 0 fully saturated rings. The van der Waals surface area contributed by atoms with Crippen LogP contribution in [0.4, 0.5) is 19.0 Å². The summed E-state index contributed by atoms with van der Waals surface area (Å²) in [5.74, 6) is 0.0457. The quantitative estimate of drug-likeness (QED) is 0.700. The van der Waals surface area contributed by atoms with E-state index in [4.69, 9.17) is 4.74 Å². The largest absolute Gasteiger partial charge is 0.475 e. The Bertz CT molecular complexity index is 804. The molecule has 0 unspecified atom stereocenters. The predicted molar refractivity (Wildman–Crippen MR) is 74.9 cm³/mol. The smallest absolute Gasteiger partial charge is 0.421 e. The fourth-order valence-corrected chi connectivity index (χ4v) is 1.94. The Labute approximate surface area is 128 Å². The third-order valence-corrected chi connectivity index (χ3v) is 2.93. The Kier molecular flexibility index (Phi) is 3.96. The number of halogens is 3. The molecular formula is C13H11F3N6O. The summed E-state index contributed by atoms with van der Waals surface area (Å²) in [4.78, 5) is 18.5. The zero-order chi connectivity index (χ0) is 16.3. The minimum absolute atomic E-state index is 0.0142. The molecule has 3 aromatic rings. The van der Waals surface area contributed by atoms with Crippen molar-refractivity contribution in [2.45, 2.75) is 6.18 Å². The van der Waals surface area contributed by atoms with Gasteiger partial charge in [-0.15, -0.1) is 0 Å². The first-order valence-electron chi connectivity index (χ1n) is 6.58. The number of hydrogen-bond acceptors (Lipinski definition) is 6. The third kappa shape index (κ3) is 3.30. The van der Waals surface area contributed by atoms with E-state index in [1.807, 2.05) is 0 Å². The van der Waals surface area contributed by atoms with Crippen LogP contribution in [0, 0.1) is 0 Å². The van der Waals surface area contributed by atoms with Gasteiger partial charge in [0.05, 0.1) is 12.9 Å². The first kappa shape index (κ1) is 15.0. The van der Waals surface area contributed by atoms with Crippen LogP contribution in [0.5, 0.6) is 5.88 Å². The maximum Gasteiger partial charge on any atom is 0.421 e. The topological polar surface area (TPSA) is 88.6 Å². The molecule has 0 radical (unpaired) electrons.